The molecule has 0 aromatic heterocycles. The molecule has 1 saturated carbocycles. The molecule has 100 valence electrons. The van der Waals surface area contributed by atoms with Crippen LogP contribution in [0.1, 0.15) is 52.9 Å². The second-order valence-corrected chi connectivity index (χ2v) is 5.70. The second-order valence-electron chi connectivity index (χ2n) is 5.70. The van der Waals surface area contributed by atoms with Crippen LogP contribution in [-0.2, 0) is 4.79 Å². The zero-order valence-corrected chi connectivity index (χ0v) is 11.5. The minimum absolute atomic E-state index is 0.230. The minimum Gasteiger partial charge on any atom is -0.353 e. The number of amides is 1. The van der Waals surface area contributed by atoms with Crippen molar-refractivity contribution >= 4 is 5.91 Å². The molecule has 1 fully saturated rings. The minimum atomic E-state index is 0.230. The Morgan fingerprint density at radius 2 is 2.12 bits per heavy atom. The molecular weight excluding hydrogens is 212 g/mol. The van der Waals surface area contributed by atoms with Gasteiger partial charge in [-0.15, -0.1) is 0 Å². The van der Waals surface area contributed by atoms with Crippen molar-refractivity contribution in [2.45, 2.75) is 58.9 Å². The first-order valence-corrected chi connectivity index (χ1v) is 7.07. The number of hydrogen-bond acceptors (Lipinski definition) is 2. The van der Waals surface area contributed by atoms with Crippen molar-refractivity contribution in [3.8, 4) is 0 Å². The smallest absolute Gasteiger partial charge is 0.220 e. The number of carbonyl (C=O) groups excluding carboxylic acids is 1. The highest BCUT2D eigenvalue weighted by Crippen LogP contribution is 2.33. The number of nitrogens with two attached hydrogens (primary N) is 1. The van der Waals surface area contributed by atoms with E-state index in [-0.39, 0.29) is 5.91 Å². The van der Waals surface area contributed by atoms with Gasteiger partial charge in [-0.3, -0.25) is 4.79 Å². The Bertz CT molecular complexity index is 240. The van der Waals surface area contributed by atoms with E-state index in [9.17, 15) is 4.79 Å². The van der Waals surface area contributed by atoms with Crippen LogP contribution in [0.3, 0.4) is 0 Å². The van der Waals surface area contributed by atoms with E-state index in [1.165, 1.54) is 12.8 Å². The summed E-state index contributed by atoms with van der Waals surface area (Å²) in [5.41, 5.74) is 5.60. The van der Waals surface area contributed by atoms with Crippen LogP contribution in [0.25, 0.3) is 0 Å². The Balaban J connectivity index is 2.17. The van der Waals surface area contributed by atoms with Crippen LogP contribution in [-0.4, -0.2) is 18.5 Å². The SMILES string of the molecule is CCC1CC1NC(=O)CCC(CCN)C(C)C. The van der Waals surface area contributed by atoms with Crippen LogP contribution in [0.5, 0.6) is 0 Å². The number of rotatable bonds is 8. The number of nitrogens with one attached hydrogen (secondary N) is 1. The zero-order valence-electron chi connectivity index (χ0n) is 11.5. The molecule has 3 unspecified atom stereocenters. The molecule has 0 saturated heterocycles. The normalized spacial score (nSPS) is 24.8. The Labute approximate surface area is 106 Å². The fraction of sp³-hybridized carbons (Fsp3) is 0.929. The van der Waals surface area contributed by atoms with Crippen molar-refractivity contribution in [1.29, 1.82) is 0 Å². The molecule has 0 radical (unpaired) electrons. The number of hydrogen-bond donors (Lipinski definition) is 2. The van der Waals surface area contributed by atoms with E-state index in [1.807, 2.05) is 0 Å². The fourth-order valence-corrected chi connectivity index (χ4v) is 2.50. The van der Waals surface area contributed by atoms with Gasteiger partial charge in [0.25, 0.3) is 0 Å². The van der Waals surface area contributed by atoms with E-state index in [1.54, 1.807) is 0 Å². The Morgan fingerprint density at radius 1 is 1.41 bits per heavy atom. The highest BCUT2D eigenvalue weighted by atomic mass is 16.1. The molecule has 3 nitrogen and oxygen atoms in total. The Kier molecular flexibility index (Phi) is 5.96. The first kappa shape index (κ1) is 14.5. The fourth-order valence-electron chi connectivity index (χ4n) is 2.50. The van der Waals surface area contributed by atoms with Crippen molar-refractivity contribution in [1.82, 2.24) is 5.32 Å². The van der Waals surface area contributed by atoms with Crippen LogP contribution in [0, 0.1) is 17.8 Å². The molecule has 1 rings (SSSR count). The molecule has 17 heavy (non-hydrogen) atoms. The van der Waals surface area contributed by atoms with Crippen LogP contribution in [0.2, 0.25) is 0 Å². The molecule has 1 aliphatic carbocycles. The Morgan fingerprint density at radius 3 is 2.59 bits per heavy atom. The molecule has 0 heterocycles. The first-order chi connectivity index (χ1) is 8.08. The van der Waals surface area contributed by atoms with Gasteiger partial charge in [0.15, 0.2) is 0 Å². The maximum atomic E-state index is 11.7. The molecule has 1 amide bonds. The second kappa shape index (κ2) is 7.00. The summed E-state index contributed by atoms with van der Waals surface area (Å²) in [5.74, 6) is 2.18. The molecule has 0 bridgehead atoms. The molecule has 1 aliphatic rings. The standard InChI is InChI=1S/C14H28N2O/c1-4-11-9-13(11)16-14(17)6-5-12(7-8-15)10(2)3/h10-13H,4-9,15H2,1-3H3,(H,16,17). The van der Waals surface area contributed by atoms with Gasteiger partial charge < -0.3 is 11.1 Å². The van der Waals surface area contributed by atoms with Gasteiger partial charge >= 0.3 is 0 Å². The van der Waals surface area contributed by atoms with E-state index in [0.29, 0.717) is 24.3 Å². The monoisotopic (exact) mass is 240 g/mol. The predicted molar refractivity (Wildman–Crippen MR) is 71.6 cm³/mol. The van der Waals surface area contributed by atoms with Crippen molar-refractivity contribution in [3.05, 3.63) is 0 Å². The topological polar surface area (TPSA) is 55.1 Å². The summed E-state index contributed by atoms with van der Waals surface area (Å²) < 4.78 is 0. The third-order valence-corrected chi connectivity index (χ3v) is 4.02. The van der Waals surface area contributed by atoms with Crippen LogP contribution in [0.4, 0.5) is 0 Å². The first-order valence-electron chi connectivity index (χ1n) is 7.07. The van der Waals surface area contributed by atoms with E-state index in [0.717, 1.165) is 25.3 Å². The third-order valence-electron chi connectivity index (χ3n) is 4.02. The van der Waals surface area contributed by atoms with Gasteiger partial charge in [0, 0.05) is 12.5 Å². The molecule has 0 aromatic rings. The lowest BCUT2D eigenvalue weighted by atomic mass is 9.88. The van der Waals surface area contributed by atoms with E-state index < -0.39 is 0 Å². The van der Waals surface area contributed by atoms with E-state index in [4.69, 9.17) is 5.73 Å². The zero-order chi connectivity index (χ0) is 12.8. The Hall–Kier alpha value is -0.570. The molecule has 0 spiro atoms. The van der Waals surface area contributed by atoms with Gasteiger partial charge in [0.2, 0.25) is 5.91 Å². The average Bonchev–Trinajstić information content (AvgIpc) is 3.02. The van der Waals surface area contributed by atoms with Gasteiger partial charge in [0.1, 0.15) is 0 Å². The maximum Gasteiger partial charge on any atom is 0.220 e. The van der Waals surface area contributed by atoms with Gasteiger partial charge in [-0.1, -0.05) is 27.2 Å². The summed E-state index contributed by atoms with van der Waals surface area (Å²) in [5, 5.41) is 3.12. The molecular formula is C14H28N2O. The third kappa shape index (κ3) is 5.07. The van der Waals surface area contributed by atoms with Gasteiger partial charge in [0.05, 0.1) is 0 Å². The lowest BCUT2D eigenvalue weighted by Crippen LogP contribution is -2.27. The average molecular weight is 240 g/mol. The van der Waals surface area contributed by atoms with Gasteiger partial charge in [-0.25, -0.2) is 0 Å². The van der Waals surface area contributed by atoms with Crippen molar-refractivity contribution in [2.75, 3.05) is 6.54 Å². The molecule has 0 aromatic carbocycles. The molecule has 3 N–H and O–H groups in total. The summed E-state index contributed by atoms with van der Waals surface area (Å²) in [4.78, 5) is 11.7. The highest BCUT2D eigenvalue weighted by molar-refractivity contribution is 5.76. The largest absolute Gasteiger partial charge is 0.353 e. The quantitative estimate of drug-likeness (QED) is 0.684. The summed E-state index contributed by atoms with van der Waals surface area (Å²) in [7, 11) is 0. The molecule has 3 heteroatoms. The van der Waals surface area contributed by atoms with Crippen LogP contribution in [0.15, 0.2) is 0 Å². The van der Waals surface area contributed by atoms with Crippen LogP contribution < -0.4 is 11.1 Å². The lowest BCUT2D eigenvalue weighted by Gasteiger charge is -2.19. The van der Waals surface area contributed by atoms with E-state index in [2.05, 4.69) is 26.1 Å². The van der Waals surface area contributed by atoms with Crippen molar-refractivity contribution in [2.24, 2.45) is 23.5 Å². The molecule has 0 aliphatic heterocycles. The van der Waals surface area contributed by atoms with Crippen LogP contribution >= 0.6 is 0 Å². The predicted octanol–water partition coefficient (Wildman–Crippen LogP) is 2.30. The van der Waals surface area contributed by atoms with E-state index >= 15 is 0 Å². The summed E-state index contributed by atoms with van der Waals surface area (Å²) >= 11 is 0. The van der Waals surface area contributed by atoms with Gasteiger partial charge in [-0.05, 0) is 43.6 Å². The van der Waals surface area contributed by atoms with Crippen molar-refractivity contribution < 1.29 is 4.79 Å². The van der Waals surface area contributed by atoms with Crippen molar-refractivity contribution in [3.63, 3.8) is 0 Å². The molecule has 3 atom stereocenters. The maximum absolute atomic E-state index is 11.7. The summed E-state index contributed by atoms with van der Waals surface area (Å²) in [6.07, 6.45) is 5.04. The summed E-state index contributed by atoms with van der Waals surface area (Å²) in [6, 6.07) is 0.472. The lowest BCUT2D eigenvalue weighted by molar-refractivity contribution is -0.121. The van der Waals surface area contributed by atoms with Gasteiger partial charge in [-0.2, -0.15) is 0 Å². The summed E-state index contributed by atoms with van der Waals surface area (Å²) in [6.45, 7) is 7.34. The number of carbonyl (C=O) groups is 1. The highest BCUT2D eigenvalue weighted by Gasteiger charge is 2.36.